The molecule has 6 amide bonds. The second-order valence-corrected chi connectivity index (χ2v) is 26.3. The van der Waals surface area contributed by atoms with Gasteiger partial charge in [0.2, 0.25) is 11.8 Å². The molecule has 3 heterocycles. The molecular formula is C69H101N5O23. The molecule has 1 aromatic carbocycles. The van der Waals surface area contributed by atoms with Gasteiger partial charge < -0.3 is 88.1 Å². The van der Waals surface area contributed by atoms with E-state index in [-0.39, 0.29) is 143 Å². The summed E-state index contributed by atoms with van der Waals surface area (Å²) in [7, 11) is 0. The molecule has 28 nitrogen and oxygen atoms in total. The number of hydrogen-bond acceptors (Lipinski definition) is 23. The molecular weight excluding hydrogens is 1270 g/mol. The minimum Gasteiger partial charge on any atom is -0.484 e. The number of fused-ring (bicyclic) bond motifs is 6. The molecule has 1 aromatic heterocycles. The quantitative estimate of drug-likeness (QED) is 0.0238. The van der Waals surface area contributed by atoms with Crippen molar-refractivity contribution in [2.24, 2.45) is 34.5 Å². The maximum atomic E-state index is 12.8. The first kappa shape index (κ1) is 76.3. The van der Waals surface area contributed by atoms with Crippen LogP contribution in [0.3, 0.4) is 0 Å². The Morgan fingerprint density at radius 2 is 1.22 bits per heavy atom. The topological polar surface area (TPSA) is 360 Å². The number of ether oxygens (including phenoxy) is 10. The molecule has 4 aliphatic carbocycles. The molecule has 5 fully saturated rings. The normalized spacial score (nSPS) is 25.1. The van der Waals surface area contributed by atoms with Gasteiger partial charge in [-0.2, -0.15) is 0 Å². The van der Waals surface area contributed by atoms with Crippen molar-refractivity contribution in [1.82, 2.24) is 26.3 Å². The zero-order valence-corrected chi connectivity index (χ0v) is 56.3. The van der Waals surface area contributed by atoms with Crippen molar-refractivity contribution in [2.75, 3.05) is 138 Å². The van der Waals surface area contributed by atoms with Crippen LogP contribution in [0.25, 0.3) is 11.0 Å². The van der Waals surface area contributed by atoms with Gasteiger partial charge in [0.25, 0.3) is 23.6 Å². The van der Waals surface area contributed by atoms with Crippen LogP contribution >= 0.6 is 0 Å². The summed E-state index contributed by atoms with van der Waals surface area (Å²) >= 11 is 0. The van der Waals surface area contributed by atoms with Crippen LogP contribution in [0.1, 0.15) is 140 Å². The monoisotopic (exact) mass is 1370 g/mol. The number of nitrogens with one attached hydrogen (secondary N) is 4. The van der Waals surface area contributed by atoms with E-state index in [4.69, 9.17) is 56.6 Å². The molecule has 8 rings (SSSR count). The number of aliphatic hydroxyl groups excluding tert-OH is 1. The standard InChI is InChI=1S/C69H101N5O23/c1-67-19-16-51(41-49(67)11-13-54-55(67)43-57(75)68(2)53(17-20-69(54,68)85)48-40-64(82)95-44-48)94-45-59(77)71-21-6-4-3-5-9-58(76)70-22-7-25-86-29-33-90-34-30-87-26-8-23-73-65(83)52-39-47-10-12-50(42-56(47)96-66(52)84)93-46-60(78)72-24-28-89-32-36-92-38-37-91-35-31-88-27-18-63(81)97-74-61(79)14-15-62(74)80/h10,12,39-40,42,49,51,53-55,57,75,85H,3-9,11,13-38,41,43-46H2,1-2H3,(H,70,76)(H,71,77)(H,72,78)(H,73,83)/t49?,51-,53+,54?,55?,57+,67-,68-,69-/m0/s1. The van der Waals surface area contributed by atoms with E-state index in [1.807, 2.05) is 6.92 Å². The molecule has 2 aromatic rings. The maximum Gasteiger partial charge on any atom is 0.349 e. The first-order valence-corrected chi connectivity index (χ1v) is 34.7. The van der Waals surface area contributed by atoms with Crippen LogP contribution in [-0.4, -0.2) is 219 Å². The Hall–Kier alpha value is -6.47. The van der Waals surface area contributed by atoms with Gasteiger partial charge in [0, 0.05) is 81.6 Å². The Kier molecular flexibility index (Phi) is 30.5. The van der Waals surface area contributed by atoms with E-state index >= 15 is 0 Å². The number of amides is 6. The molecule has 3 unspecified atom stereocenters. The van der Waals surface area contributed by atoms with Gasteiger partial charge in [0.15, 0.2) is 6.61 Å². The molecule has 0 bridgehead atoms. The fourth-order valence-corrected chi connectivity index (χ4v) is 14.8. The number of unbranched alkanes of at least 4 members (excludes halogenated alkanes) is 3. The molecule has 4 saturated carbocycles. The molecule has 0 spiro atoms. The van der Waals surface area contributed by atoms with E-state index in [1.54, 1.807) is 18.2 Å². The number of aliphatic hydroxyl groups is 2. The zero-order valence-electron chi connectivity index (χ0n) is 56.3. The summed E-state index contributed by atoms with van der Waals surface area (Å²) in [6, 6.07) is 6.11. The smallest absolute Gasteiger partial charge is 0.349 e. The van der Waals surface area contributed by atoms with Crippen molar-refractivity contribution in [3.05, 3.63) is 51.9 Å². The molecule has 97 heavy (non-hydrogen) atoms. The number of rotatable bonds is 45. The Balaban J connectivity index is 0.538. The summed E-state index contributed by atoms with van der Waals surface area (Å²) < 4.78 is 60.8. The molecule has 6 N–H and O–H groups in total. The van der Waals surface area contributed by atoms with Crippen LogP contribution < -0.4 is 31.6 Å². The second kappa shape index (κ2) is 38.8. The van der Waals surface area contributed by atoms with E-state index < -0.39 is 52.3 Å². The average molecular weight is 1370 g/mol. The number of hydrogen-bond donors (Lipinski definition) is 6. The van der Waals surface area contributed by atoms with E-state index in [0.717, 1.165) is 69.8 Å². The van der Waals surface area contributed by atoms with E-state index in [0.29, 0.717) is 128 Å². The van der Waals surface area contributed by atoms with Crippen molar-refractivity contribution in [1.29, 1.82) is 0 Å². The van der Waals surface area contributed by atoms with Crippen molar-refractivity contribution in [3.63, 3.8) is 0 Å². The minimum absolute atomic E-state index is 0.00316. The van der Waals surface area contributed by atoms with Crippen molar-refractivity contribution in [3.8, 4) is 5.75 Å². The highest BCUT2D eigenvalue weighted by atomic mass is 16.7. The minimum atomic E-state index is -1.01. The van der Waals surface area contributed by atoms with Crippen molar-refractivity contribution < 1.29 is 105 Å². The summed E-state index contributed by atoms with van der Waals surface area (Å²) in [5.41, 5.74) is -1.66. The molecule has 0 radical (unpaired) electrons. The first-order chi connectivity index (χ1) is 46.9. The highest BCUT2D eigenvalue weighted by molar-refractivity contribution is 6.01. The van der Waals surface area contributed by atoms with Crippen molar-refractivity contribution in [2.45, 2.75) is 147 Å². The molecule has 1 saturated heterocycles. The van der Waals surface area contributed by atoms with Gasteiger partial charge in [0.1, 0.15) is 30.1 Å². The number of nitrogens with zero attached hydrogens (tertiary/aromatic N) is 1. The number of benzene rings is 1. The third-order valence-electron chi connectivity index (χ3n) is 20.1. The fraction of sp³-hybridized carbons (Fsp3) is 0.725. The van der Waals surface area contributed by atoms with Gasteiger partial charge >= 0.3 is 17.6 Å². The Morgan fingerprint density at radius 1 is 0.608 bits per heavy atom. The van der Waals surface area contributed by atoms with Crippen molar-refractivity contribution >= 4 is 58.4 Å². The predicted octanol–water partition coefficient (Wildman–Crippen LogP) is 3.71. The van der Waals surface area contributed by atoms with Crippen LogP contribution in [0.15, 0.2) is 45.1 Å². The van der Waals surface area contributed by atoms with Crippen LogP contribution in [0.2, 0.25) is 0 Å². The molecule has 540 valence electrons. The van der Waals surface area contributed by atoms with Gasteiger partial charge in [-0.05, 0) is 130 Å². The van der Waals surface area contributed by atoms with Crippen LogP contribution in [0, 0.1) is 34.5 Å². The highest BCUT2D eigenvalue weighted by Gasteiger charge is 2.71. The summed E-state index contributed by atoms with van der Waals surface area (Å²) in [6.45, 7) is 10.3. The largest absolute Gasteiger partial charge is 0.484 e. The number of esters is 1. The number of hydroxylamine groups is 2. The lowest BCUT2D eigenvalue weighted by Gasteiger charge is -2.65. The first-order valence-electron chi connectivity index (χ1n) is 34.7. The predicted molar refractivity (Wildman–Crippen MR) is 346 cm³/mol. The number of imide groups is 1. The fourth-order valence-electron chi connectivity index (χ4n) is 14.8. The SMILES string of the molecule is C[C@]12CC[C@H](OCC(=O)NCCCCCCC(=O)NCCCOCCOCCOCCCNC(=O)c3cc4ccc(OCC(=O)NCCOCCOCCOCCOCCC(=O)ON5C(=O)CCC5=O)cc4oc3=O)CC1CCC1C2C[C@@H](O)[C@]2(C)[C@@H](C3=CC(=O)OC3)CC[C@]12O. The van der Waals surface area contributed by atoms with E-state index in [2.05, 4.69) is 28.2 Å². The molecule has 28 heteroatoms. The number of carbonyl (C=O) groups excluding carboxylic acids is 8. The highest BCUT2D eigenvalue weighted by Crippen LogP contribution is 2.70. The number of cyclic esters (lactones) is 1. The third kappa shape index (κ3) is 22.0. The lowest BCUT2D eigenvalue weighted by molar-refractivity contribution is -0.245. The maximum absolute atomic E-state index is 12.8. The lowest BCUT2D eigenvalue weighted by atomic mass is 9.42. The Bertz CT molecular complexity index is 3020. The van der Waals surface area contributed by atoms with Gasteiger partial charge in [-0.1, -0.05) is 26.7 Å². The summed E-state index contributed by atoms with van der Waals surface area (Å²) in [5.74, 6) is -2.38. The molecule has 6 aliphatic rings. The summed E-state index contributed by atoms with van der Waals surface area (Å²) in [5, 5.41) is 36.7. The van der Waals surface area contributed by atoms with Crippen LogP contribution in [0.4, 0.5) is 0 Å². The number of carbonyl (C=O) groups is 8. The Morgan fingerprint density at radius 3 is 1.90 bits per heavy atom. The third-order valence-corrected chi connectivity index (χ3v) is 20.1. The molecule has 2 aliphatic heterocycles. The summed E-state index contributed by atoms with van der Waals surface area (Å²) in [4.78, 5) is 114. The molecule has 9 atom stereocenters. The van der Waals surface area contributed by atoms with Gasteiger partial charge in [-0.3, -0.25) is 28.8 Å². The average Bonchev–Trinajstić information content (AvgIpc) is 1.61. The second-order valence-electron chi connectivity index (χ2n) is 26.3. The Labute approximate surface area is 565 Å². The van der Waals surface area contributed by atoms with Crippen LogP contribution in [-0.2, 0) is 81.0 Å². The summed E-state index contributed by atoms with van der Waals surface area (Å²) in [6.07, 6.45) is 12.3. The van der Waals surface area contributed by atoms with Gasteiger partial charge in [-0.25, -0.2) is 14.4 Å². The van der Waals surface area contributed by atoms with Gasteiger partial charge in [0.05, 0.1) is 104 Å². The van der Waals surface area contributed by atoms with Gasteiger partial charge in [-0.15, -0.1) is 5.06 Å². The van der Waals surface area contributed by atoms with Crippen LogP contribution in [0.5, 0.6) is 5.75 Å². The van der Waals surface area contributed by atoms with E-state index in [1.165, 1.54) is 12.1 Å². The zero-order chi connectivity index (χ0) is 69.1. The lowest BCUT2D eigenvalue weighted by Crippen LogP contribution is -2.67. The van der Waals surface area contributed by atoms with E-state index in [9.17, 15) is 53.4 Å².